The van der Waals surface area contributed by atoms with Crippen molar-refractivity contribution < 1.29 is 14.9 Å². The molecule has 0 spiro atoms. The van der Waals surface area contributed by atoms with E-state index in [2.05, 4.69) is 92.5 Å². The van der Waals surface area contributed by atoms with Gasteiger partial charge in [0.15, 0.2) is 0 Å². The molecule has 2 aromatic heterocycles. The Hall–Kier alpha value is -6.29. The van der Waals surface area contributed by atoms with Crippen LogP contribution in [-0.2, 0) is 19.1 Å². The number of nitrogens with one attached hydrogen (secondary N) is 1. The molecule has 2 saturated heterocycles. The molecule has 5 aromatic carbocycles. The zero-order chi connectivity index (χ0) is 44.0. The number of anilines is 2. The number of nitrogens with zero attached hydrogens (tertiary/aromatic N) is 4. The van der Waals surface area contributed by atoms with Gasteiger partial charge in [-0.1, -0.05) is 62.0 Å². The number of fused-ring (bicyclic) bond motifs is 2. The topological polar surface area (TPSA) is 97.2 Å². The van der Waals surface area contributed by atoms with Gasteiger partial charge in [-0.3, -0.25) is 9.69 Å². The predicted molar refractivity (Wildman–Crippen MR) is 265 cm³/mol. The fraction of sp³-hybridized carbons (Fsp3) is 0.339. The van der Waals surface area contributed by atoms with E-state index in [0.29, 0.717) is 28.9 Å². The molecule has 0 amide bonds. The van der Waals surface area contributed by atoms with E-state index in [1.165, 1.54) is 46.5 Å². The van der Waals surface area contributed by atoms with Gasteiger partial charge in [-0.05, 0) is 146 Å². The number of pyridine rings is 1. The van der Waals surface area contributed by atoms with Crippen LogP contribution in [0.4, 0.5) is 11.4 Å². The van der Waals surface area contributed by atoms with E-state index >= 15 is 0 Å². The number of phenolic OH excluding ortho intramolecular Hbond substituents is 1. The van der Waals surface area contributed by atoms with E-state index in [0.717, 1.165) is 86.5 Å². The second-order valence-electron chi connectivity index (χ2n) is 18.8. The molecule has 10 rings (SSSR count). The van der Waals surface area contributed by atoms with E-state index < -0.39 is 5.60 Å². The van der Waals surface area contributed by atoms with E-state index in [-0.39, 0.29) is 18.9 Å². The van der Waals surface area contributed by atoms with Crippen LogP contribution in [0, 0.1) is 5.92 Å². The standard InChI is InChI=1S/C55H59N5O4.CH4/c1-55(2,63)41-12-22-51(49(34-41)50-36-57(3)54(62)53-48(50)23-26-56-53)64-45-18-15-43(16-19-45)60-31-29-58(30-32-60)35-37-24-27-59(28-25-37)42-13-9-39(10-14-42)52-46(38-7-5-4-6-8-38)20-11-40-33-44(61)17-21-47(40)52;/h4-10,12-19,21-23,26,33-34,36-37,46,52,56,61,63H,11,20,24-25,27-32,35H2,1-3H3;1H4/t46-,52?;/m1./s1. The summed E-state index contributed by atoms with van der Waals surface area (Å²) in [6.07, 6.45) is 8.09. The maximum Gasteiger partial charge on any atom is 0.274 e. The SMILES string of the molecule is C.Cn1cc(-c2cc(C(C)(C)O)ccc2Oc2ccc(N3CCN(CC4CCN(c5ccc(C6c7ccc(O)cc7CC[C@@H]6c6ccccc6)cc5)CC4)CC3)cc2)c2cc[nH]c2c1=O. The van der Waals surface area contributed by atoms with E-state index in [1.54, 1.807) is 31.7 Å². The van der Waals surface area contributed by atoms with Crippen molar-refractivity contribution in [3.63, 3.8) is 0 Å². The van der Waals surface area contributed by atoms with E-state index in [9.17, 15) is 15.0 Å². The van der Waals surface area contributed by atoms with Crippen LogP contribution in [0.5, 0.6) is 17.2 Å². The maximum absolute atomic E-state index is 12.9. The molecule has 7 aromatic rings. The predicted octanol–water partition coefficient (Wildman–Crippen LogP) is 10.8. The van der Waals surface area contributed by atoms with Gasteiger partial charge in [-0.15, -0.1) is 0 Å². The molecule has 4 heterocycles. The number of hydrogen-bond acceptors (Lipinski definition) is 7. The lowest BCUT2D eigenvalue weighted by Crippen LogP contribution is -2.49. The number of piperidine rings is 1. The Balaban J connectivity index is 0.00000533. The molecule has 9 nitrogen and oxygen atoms in total. The fourth-order valence-corrected chi connectivity index (χ4v) is 10.6. The third kappa shape index (κ3) is 9.05. The average molecular weight is 870 g/mol. The Morgan fingerprint density at radius 2 is 1.43 bits per heavy atom. The summed E-state index contributed by atoms with van der Waals surface area (Å²) in [6.45, 7) is 11.0. The second kappa shape index (κ2) is 18.3. The molecule has 3 N–H and O–H groups in total. The first-order chi connectivity index (χ1) is 31.1. The minimum atomic E-state index is -1.05. The summed E-state index contributed by atoms with van der Waals surface area (Å²) in [5, 5.41) is 22.0. The van der Waals surface area contributed by atoms with Gasteiger partial charge in [-0.25, -0.2) is 0 Å². The molecule has 0 saturated carbocycles. The summed E-state index contributed by atoms with van der Waals surface area (Å²) in [4.78, 5) is 23.7. The van der Waals surface area contributed by atoms with Gasteiger partial charge < -0.3 is 34.3 Å². The number of rotatable bonds is 10. The first-order valence-corrected chi connectivity index (χ1v) is 23.1. The number of phenols is 1. The van der Waals surface area contributed by atoms with Gasteiger partial charge in [0.25, 0.3) is 5.56 Å². The lowest BCUT2D eigenvalue weighted by atomic mass is 9.69. The highest BCUT2D eigenvalue weighted by Gasteiger charge is 2.33. The molecule has 0 radical (unpaired) electrons. The summed E-state index contributed by atoms with van der Waals surface area (Å²) in [6, 6.07) is 42.4. The number of benzene rings is 5. The van der Waals surface area contributed by atoms with Crippen LogP contribution in [0.3, 0.4) is 0 Å². The number of ether oxygens (including phenoxy) is 1. The molecule has 1 aliphatic carbocycles. The van der Waals surface area contributed by atoms with Gasteiger partial charge >= 0.3 is 0 Å². The number of aliphatic hydroxyl groups is 1. The largest absolute Gasteiger partial charge is 0.508 e. The molecule has 0 bridgehead atoms. The van der Waals surface area contributed by atoms with Crippen molar-refractivity contribution >= 4 is 22.3 Å². The highest BCUT2D eigenvalue weighted by atomic mass is 16.5. The molecule has 2 atom stereocenters. The van der Waals surface area contributed by atoms with Crippen LogP contribution in [0.15, 0.2) is 139 Å². The molecule has 1 unspecified atom stereocenters. The normalized spacial score (nSPS) is 18.3. The van der Waals surface area contributed by atoms with Gasteiger partial charge in [0.2, 0.25) is 0 Å². The molecule has 2 aliphatic heterocycles. The van der Waals surface area contributed by atoms with Crippen molar-refractivity contribution in [3.8, 4) is 28.4 Å². The van der Waals surface area contributed by atoms with Crippen LogP contribution >= 0.6 is 0 Å². The van der Waals surface area contributed by atoms with Crippen molar-refractivity contribution in [1.82, 2.24) is 14.5 Å². The number of piperazine rings is 1. The Morgan fingerprint density at radius 3 is 2.14 bits per heavy atom. The van der Waals surface area contributed by atoms with Crippen molar-refractivity contribution in [2.45, 2.75) is 64.4 Å². The first kappa shape index (κ1) is 43.9. The number of aromatic hydroxyl groups is 1. The molecule has 3 aliphatic rings. The smallest absolute Gasteiger partial charge is 0.274 e. The van der Waals surface area contributed by atoms with Crippen molar-refractivity contribution in [2.24, 2.45) is 13.0 Å². The Labute approximate surface area is 383 Å². The molecule has 65 heavy (non-hydrogen) atoms. The lowest BCUT2D eigenvalue weighted by molar-refractivity contribution is 0.0786. The number of H-pyrrole nitrogens is 1. The fourth-order valence-electron chi connectivity index (χ4n) is 10.6. The van der Waals surface area contributed by atoms with Crippen LogP contribution in [0.25, 0.3) is 22.0 Å². The molecular formula is C56H63N5O4. The summed E-state index contributed by atoms with van der Waals surface area (Å²) in [7, 11) is 1.75. The number of aryl methyl sites for hydroxylation is 2. The second-order valence-corrected chi connectivity index (χ2v) is 18.8. The van der Waals surface area contributed by atoms with Crippen molar-refractivity contribution in [2.75, 3.05) is 55.6 Å². The van der Waals surface area contributed by atoms with Gasteiger partial charge in [0, 0.05) is 99.1 Å². The van der Waals surface area contributed by atoms with Crippen LogP contribution < -0.4 is 20.1 Å². The Bertz CT molecular complexity index is 2790. The molecular weight excluding hydrogens is 807 g/mol. The van der Waals surface area contributed by atoms with Crippen molar-refractivity contribution in [3.05, 3.63) is 172 Å². The zero-order valence-corrected chi connectivity index (χ0v) is 37.2. The van der Waals surface area contributed by atoms with Gasteiger partial charge in [0.1, 0.15) is 22.8 Å². The van der Waals surface area contributed by atoms with Crippen LogP contribution in [-0.4, -0.2) is 70.5 Å². The monoisotopic (exact) mass is 869 g/mol. The quantitative estimate of drug-likeness (QED) is 0.126. The van der Waals surface area contributed by atoms with Gasteiger partial charge in [0.05, 0.1) is 5.60 Å². The van der Waals surface area contributed by atoms with E-state index in [4.69, 9.17) is 4.74 Å². The van der Waals surface area contributed by atoms with Crippen molar-refractivity contribution in [1.29, 1.82) is 0 Å². The molecule has 9 heteroatoms. The third-order valence-corrected chi connectivity index (χ3v) is 14.2. The van der Waals surface area contributed by atoms with E-state index in [1.807, 2.05) is 54.7 Å². The van der Waals surface area contributed by atoms with Gasteiger partial charge in [-0.2, -0.15) is 0 Å². The maximum atomic E-state index is 12.9. The minimum Gasteiger partial charge on any atom is -0.508 e. The molecule has 2 fully saturated rings. The Morgan fingerprint density at radius 1 is 0.738 bits per heavy atom. The highest BCUT2D eigenvalue weighted by Crippen LogP contribution is 2.47. The number of aromatic amines is 1. The summed E-state index contributed by atoms with van der Waals surface area (Å²) < 4.78 is 8.14. The lowest BCUT2D eigenvalue weighted by Gasteiger charge is -2.40. The van der Waals surface area contributed by atoms with Crippen LogP contribution in [0.1, 0.15) is 80.2 Å². The highest BCUT2D eigenvalue weighted by molar-refractivity contribution is 5.96. The first-order valence-electron chi connectivity index (χ1n) is 23.1. The van der Waals surface area contributed by atoms with Crippen LogP contribution in [0.2, 0.25) is 0 Å². The summed E-state index contributed by atoms with van der Waals surface area (Å²) >= 11 is 0. The number of hydrogen-bond donors (Lipinski definition) is 3. The third-order valence-electron chi connectivity index (χ3n) is 14.2. The number of aromatic nitrogens is 2. The zero-order valence-electron chi connectivity index (χ0n) is 37.2. The average Bonchev–Trinajstić information content (AvgIpc) is 3.82. The summed E-state index contributed by atoms with van der Waals surface area (Å²) in [5.41, 5.74) is 9.68. The molecule has 336 valence electrons. The Kier molecular flexibility index (Phi) is 12.4. The minimum absolute atomic E-state index is 0. The summed E-state index contributed by atoms with van der Waals surface area (Å²) in [5.74, 6) is 3.11.